The molecule has 1 aromatic carbocycles. The van der Waals surface area contributed by atoms with Crippen LogP contribution in [-0.4, -0.2) is 28.2 Å². The molecule has 0 aliphatic carbocycles. The largest absolute Gasteiger partial charge is 0.507 e. The number of nitrogens with zero attached hydrogens (tertiary/aromatic N) is 1. The number of rotatable bonds is 3. The Morgan fingerprint density at radius 3 is 2.74 bits per heavy atom. The summed E-state index contributed by atoms with van der Waals surface area (Å²) >= 11 is 1.44. The fourth-order valence-corrected chi connectivity index (χ4v) is 3.43. The third-order valence-electron chi connectivity index (χ3n) is 3.72. The third kappa shape index (κ3) is 2.61. The number of hydrogen-bond donors (Lipinski definition) is 2. The van der Waals surface area contributed by atoms with Crippen LogP contribution in [0, 0.1) is 13.8 Å². The van der Waals surface area contributed by atoms with Gasteiger partial charge in [0.15, 0.2) is 0 Å². The Morgan fingerprint density at radius 1 is 1.30 bits per heavy atom. The van der Waals surface area contributed by atoms with Gasteiger partial charge in [-0.25, -0.2) is 9.78 Å². The van der Waals surface area contributed by atoms with E-state index in [0.29, 0.717) is 11.1 Å². The van der Waals surface area contributed by atoms with Crippen molar-refractivity contribution in [2.75, 3.05) is 7.11 Å². The maximum atomic E-state index is 11.9. The normalized spacial score (nSPS) is 10.7. The van der Waals surface area contributed by atoms with Gasteiger partial charge in [-0.3, -0.25) is 0 Å². The van der Waals surface area contributed by atoms with Crippen molar-refractivity contribution in [1.29, 1.82) is 0 Å². The summed E-state index contributed by atoms with van der Waals surface area (Å²) in [5, 5.41) is 12.6. The first-order chi connectivity index (χ1) is 11.0. The second-order valence-corrected chi connectivity index (χ2v) is 6.03. The van der Waals surface area contributed by atoms with Crippen LogP contribution in [0.1, 0.15) is 21.6 Å². The summed E-state index contributed by atoms with van der Waals surface area (Å²) in [5.41, 5.74) is 4.33. The van der Waals surface area contributed by atoms with Gasteiger partial charge in [-0.2, -0.15) is 0 Å². The van der Waals surface area contributed by atoms with E-state index in [1.165, 1.54) is 18.4 Å². The summed E-state index contributed by atoms with van der Waals surface area (Å²) in [7, 11) is 1.37. The number of H-pyrrole nitrogens is 1. The fraction of sp³-hybridized carbons (Fsp3) is 0.176. The highest BCUT2D eigenvalue weighted by Gasteiger charge is 2.21. The Labute approximate surface area is 137 Å². The fourth-order valence-electron chi connectivity index (χ4n) is 2.58. The smallest absolute Gasteiger partial charge is 0.339 e. The molecule has 0 saturated heterocycles. The van der Waals surface area contributed by atoms with E-state index < -0.39 is 0 Å². The molecule has 3 rings (SSSR count). The van der Waals surface area contributed by atoms with Crippen molar-refractivity contribution < 1.29 is 14.6 Å². The van der Waals surface area contributed by atoms with Gasteiger partial charge in [0.1, 0.15) is 10.8 Å². The average Bonchev–Trinajstić information content (AvgIpc) is 3.12. The van der Waals surface area contributed by atoms with E-state index in [1.54, 1.807) is 12.1 Å². The van der Waals surface area contributed by atoms with Crippen LogP contribution in [0.15, 0.2) is 29.6 Å². The van der Waals surface area contributed by atoms with E-state index in [9.17, 15) is 9.90 Å². The van der Waals surface area contributed by atoms with Gasteiger partial charge >= 0.3 is 5.97 Å². The molecule has 0 radical (unpaired) electrons. The molecule has 2 heterocycles. The topological polar surface area (TPSA) is 75.2 Å². The van der Waals surface area contributed by atoms with Crippen molar-refractivity contribution in [2.24, 2.45) is 0 Å². The van der Waals surface area contributed by atoms with E-state index in [4.69, 9.17) is 4.74 Å². The lowest BCUT2D eigenvalue weighted by Gasteiger charge is -2.00. The Bertz CT molecular complexity index is 880. The molecule has 0 aliphatic heterocycles. The standard InChI is InChI=1S/C17H16N2O3S/c1-9-14(17(21)22-3)10(2)18-15(9)12-8-23-16(19-12)11-6-4-5-7-13(11)20/h4-8,18,20H,1-3H3. The van der Waals surface area contributed by atoms with Crippen LogP contribution in [0.25, 0.3) is 22.0 Å². The van der Waals surface area contributed by atoms with E-state index in [1.807, 2.05) is 31.4 Å². The molecular formula is C17H16N2O3S. The van der Waals surface area contributed by atoms with Crippen LogP contribution < -0.4 is 0 Å². The predicted molar refractivity (Wildman–Crippen MR) is 89.8 cm³/mol. The molecule has 2 aromatic heterocycles. The molecule has 0 unspecified atom stereocenters. The number of aromatic hydroxyl groups is 1. The van der Waals surface area contributed by atoms with Crippen molar-refractivity contribution in [1.82, 2.24) is 9.97 Å². The number of nitrogens with one attached hydrogen (secondary N) is 1. The van der Waals surface area contributed by atoms with Crippen molar-refractivity contribution in [3.05, 3.63) is 46.5 Å². The van der Waals surface area contributed by atoms with Crippen LogP contribution >= 0.6 is 11.3 Å². The number of phenols is 1. The van der Waals surface area contributed by atoms with Gasteiger partial charge in [0, 0.05) is 11.1 Å². The lowest BCUT2D eigenvalue weighted by atomic mass is 10.1. The maximum absolute atomic E-state index is 11.9. The van der Waals surface area contributed by atoms with Gasteiger partial charge in [-0.1, -0.05) is 12.1 Å². The third-order valence-corrected chi connectivity index (χ3v) is 4.60. The molecule has 2 N–H and O–H groups in total. The molecule has 118 valence electrons. The number of aromatic amines is 1. The number of phenolic OH excluding ortho intramolecular Hbond substituents is 1. The number of thiazole rings is 1. The van der Waals surface area contributed by atoms with E-state index in [-0.39, 0.29) is 11.7 Å². The van der Waals surface area contributed by atoms with Crippen molar-refractivity contribution in [3.8, 4) is 27.7 Å². The average molecular weight is 328 g/mol. The Morgan fingerprint density at radius 2 is 2.04 bits per heavy atom. The molecule has 0 fully saturated rings. The van der Waals surface area contributed by atoms with Crippen LogP contribution in [0.5, 0.6) is 5.75 Å². The molecule has 3 aromatic rings. The van der Waals surface area contributed by atoms with Gasteiger partial charge < -0.3 is 14.8 Å². The number of esters is 1. The number of methoxy groups -OCH3 is 1. The molecule has 0 atom stereocenters. The number of benzene rings is 1. The highest BCUT2D eigenvalue weighted by molar-refractivity contribution is 7.13. The van der Waals surface area contributed by atoms with Crippen LogP contribution in [0.4, 0.5) is 0 Å². The minimum absolute atomic E-state index is 0.197. The first-order valence-electron chi connectivity index (χ1n) is 7.04. The van der Waals surface area contributed by atoms with E-state index in [0.717, 1.165) is 27.7 Å². The molecule has 0 bridgehead atoms. The van der Waals surface area contributed by atoms with E-state index in [2.05, 4.69) is 9.97 Å². The zero-order valence-corrected chi connectivity index (χ0v) is 13.8. The summed E-state index contributed by atoms with van der Waals surface area (Å²) < 4.78 is 4.83. The molecule has 0 amide bonds. The maximum Gasteiger partial charge on any atom is 0.339 e. The minimum Gasteiger partial charge on any atom is -0.507 e. The van der Waals surface area contributed by atoms with Gasteiger partial charge in [-0.05, 0) is 31.5 Å². The van der Waals surface area contributed by atoms with Gasteiger partial charge in [0.2, 0.25) is 0 Å². The molecular weight excluding hydrogens is 312 g/mol. The predicted octanol–water partition coefficient (Wildman–Crippen LogP) is 3.91. The van der Waals surface area contributed by atoms with Crippen molar-refractivity contribution in [3.63, 3.8) is 0 Å². The Kier molecular flexibility index (Phi) is 3.92. The van der Waals surface area contributed by atoms with Gasteiger partial charge in [0.25, 0.3) is 0 Å². The quantitative estimate of drug-likeness (QED) is 0.715. The zero-order valence-electron chi connectivity index (χ0n) is 13.0. The molecule has 0 aliphatic rings. The zero-order chi connectivity index (χ0) is 16.6. The van der Waals surface area contributed by atoms with Gasteiger partial charge in [0.05, 0.1) is 29.6 Å². The Balaban J connectivity index is 2.05. The monoisotopic (exact) mass is 328 g/mol. The number of hydrogen-bond acceptors (Lipinski definition) is 5. The number of aromatic nitrogens is 2. The van der Waals surface area contributed by atoms with Crippen LogP contribution in [0.3, 0.4) is 0 Å². The number of carbonyl (C=O) groups excluding carboxylic acids is 1. The molecule has 0 spiro atoms. The number of ether oxygens (including phenoxy) is 1. The summed E-state index contributed by atoms with van der Waals surface area (Å²) in [6.07, 6.45) is 0. The Hall–Kier alpha value is -2.60. The number of carbonyl (C=O) groups is 1. The number of aryl methyl sites for hydroxylation is 1. The highest BCUT2D eigenvalue weighted by Crippen LogP contribution is 2.35. The molecule has 23 heavy (non-hydrogen) atoms. The molecule has 5 nitrogen and oxygen atoms in total. The summed E-state index contributed by atoms with van der Waals surface area (Å²) in [6.45, 7) is 3.70. The first-order valence-corrected chi connectivity index (χ1v) is 7.92. The molecule has 6 heteroatoms. The van der Waals surface area contributed by atoms with E-state index >= 15 is 0 Å². The second kappa shape index (κ2) is 5.89. The van der Waals surface area contributed by atoms with Gasteiger partial charge in [-0.15, -0.1) is 11.3 Å². The van der Waals surface area contributed by atoms with Crippen LogP contribution in [-0.2, 0) is 4.74 Å². The second-order valence-electron chi connectivity index (χ2n) is 5.17. The first kappa shape index (κ1) is 15.3. The minimum atomic E-state index is -0.362. The van der Waals surface area contributed by atoms with Crippen molar-refractivity contribution >= 4 is 17.3 Å². The van der Waals surface area contributed by atoms with Crippen LogP contribution in [0.2, 0.25) is 0 Å². The summed E-state index contributed by atoms with van der Waals surface area (Å²) in [6, 6.07) is 7.09. The highest BCUT2D eigenvalue weighted by atomic mass is 32.1. The lowest BCUT2D eigenvalue weighted by molar-refractivity contribution is 0.0599. The van der Waals surface area contributed by atoms with Crippen molar-refractivity contribution in [2.45, 2.75) is 13.8 Å². The summed E-state index contributed by atoms with van der Waals surface area (Å²) in [5.74, 6) is -0.165. The SMILES string of the molecule is COC(=O)c1c(C)[nH]c(-c2csc(-c3ccccc3O)n2)c1C. The molecule has 0 saturated carbocycles. The number of para-hydroxylation sites is 1. The lowest BCUT2D eigenvalue weighted by Crippen LogP contribution is -2.03. The summed E-state index contributed by atoms with van der Waals surface area (Å²) in [4.78, 5) is 19.7.